The van der Waals surface area contributed by atoms with Crippen LogP contribution < -0.4 is 11.0 Å². The number of aromatic nitrogens is 2. The first-order valence-electron chi connectivity index (χ1n) is 9.19. The third kappa shape index (κ3) is 9.97. The topological polar surface area (TPSA) is 291 Å². The molecule has 0 aliphatic carbocycles. The minimum atomic E-state index is -5.72. The van der Waals surface area contributed by atoms with Gasteiger partial charge in [-0.2, -0.15) is 13.6 Å². The highest BCUT2D eigenvalue weighted by atomic mass is 31.3. The molecule has 2 rings (SSSR count). The van der Waals surface area contributed by atoms with Gasteiger partial charge in [0, 0.05) is 19.0 Å². The van der Waals surface area contributed by atoms with E-state index in [-0.39, 0.29) is 18.7 Å². The molecule has 1 aromatic heterocycles. The number of aliphatic carboxylic acids is 1. The lowest BCUT2D eigenvalue weighted by molar-refractivity contribution is -0.138. The second kappa shape index (κ2) is 11.5. The minimum absolute atomic E-state index is 0.176. The Morgan fingerprint density at radius 1 is 1.14 bits per heavy atom. The molecule has 198 valence electrons. The maximum Gasteiger partial charge on any atom is 0.490 e. The van der Waals surface area contributed by atoms with Gasteiger partial charge in [0.1, 0.15) is 18.1 Å². The number of aliphatic hydroxyl groups excluding tert-OH is 1. The number of anilines is 1. The number of hydrogen-bond donors (Lipinski definition) is 7. The summed E-state index contributed by atoms with van der Waals surface area (Å²) in [5, 5.41) is 20.9. The molecule has 22 heteroatoms. The van der Waals surface area contributed by atoms with Crippen LogP contribution in [-0.2, 0) is 41.2 Å². The van der Waals surface area contributed by atoms with Crippen molar-refractivity contribution in [3.05, 3.63) is 22.7 Å². The number of nitrogens with one attached hydrogen (secondary N) is 1. The molecule has 1 aromatic rings. The summed E-state index contributed by atoms with van der Waals surface area (Å²) in [6, 6.07) is 1.19. The van der Waals surface area contributed by atoms with E-state index in [9.17, 15) is 38.1 Å². The van der Waals surface area contributed by atoms with E-state index >= 15 is 0 Å². The van der Waals surface area contributed by atoms with Crippen molar-refractivity contribution in [1.29, 1.82) is 0 Å². The van der Waals surface area contributed by atoms with Gasteiger partial charge < -0.3 is 39.8 Å². The van der Waals surface area contributed by atoms with Crippen LogP contribution in [-0.4, -0.2) is 70.0 Å². The van der Waals surface area contributed by atoms with Crippen molar-refractivity contribution in [2.45, 2.75) is 37.7 Å². The van der Waals surface area contributed by atoms with Gasteiger partial charge in [0.15, 0.2) is 0 Å². The number of carbonyl (C=O) groups excluding carboxylic acids is 1. The molecule has 0 aromatic carbocycles. The zero-order valence-corrected chi connectivity index (χ0v) is 19.9. The Morgan fingerprint density at radius 2 is 1.80 bits per heavy atom. The van der Waals surface area contributed by atoms with E-state index in [4.69, 9.17) is 24.5 Å². The van der Waals surface area contributed by atoms with Crippen LogP contribution in [0.2, 0.25) is 0 Å². The molecule has 1 aliphatic heterocycles. The molecule has 2 unspecified atom stereocenters. The van der Waals surface area contributed by atoms with Crippen LogP contribution in [0.1, 0.15) is 25.5 Å². The van der Waals surface area contributed by atoms with Crippen molar-refractivity contribution in [1.82, 2.24) is 9.55 Å². The molecule has 19 nitrogen and oxygen atoms in total. The Bertz CT molecular complexity index is 1150. The molecule has 1 saturated heterocycles. The highest BCUT2D eigenvalue weighted by Gasteiger charge is 2.43. The molecule has 0 spiro atoms. The van der Waals surface area contributed by atoms with E-state index in [2.05, 4.69) is 23.4 Å². The number of carboxylic acid groups (broad SMARTS) is 1. The van der Waals surface area contributed by atoms with Gasteiger partial charge in [-0.3, -0.25) is 18.7 Å². The standard InChI is InChI=1S/C13H20N3O16P3/c17-7-5-11(16-4-3-9(15-13(16)21)14-10(18)1-2-12(19)20)30-8(7)6-29-34(25,26)32-35(27,28)31-33(22,23)24/h3-4,7-8,11,17H,1-2,5-6H2,(H,19,20)(H,25,26)(H,27,28)(H2,22,23,24)(H,14,15,18,21)/t7-,8+,11+/m0/s1. The summed E-state index contributed by atoms with van der Waals surface area (Å²) in [6.07, 6.45) is -3.79. The van der Waals surface area contributed by atoms with Gasteiger partial charge in [-0.1, -0.05) is 0 Å². The van der Waals surface area contributed by atoms with Crippen molar-refractivity contribution in [2.24, 2.45) is 0 Å². The molecule has 0 bridgehead atoms. The van der Waals surface area contributed by atoms with E-state index in [0.29, 0.717) is 0 Å². The Kier molecular flexibility index (Phi) is 9.63. The molecule has 1 fully saturated rings. The molecular formula is C13H20N3O16P3. The lowest BCUT2D eigenvalue weighted by Gasteiger charge is -2.19. The molecule has 7 N–H and O–H groups in total. The molecule has 1 amide bonds. The Labute approximate surface area is 194 Å². The first-order valence-corrected chi connectivity index (χ1v) is 13.7. The predicted octanol–water partition coefficient (Wildman–Crippen LogP) is -0.962. The van der Waals surface area contributed by atoms with Gasteiger partial charge >= 0.3 is 35.1 Å². The molecule has 5 atom stereocenters. The lowest BCUT2D eigenvalue weighted by atomic mass is 10.2. The van der Waals surface area contributed by atoms with E-state index in [1.54, 1.807) is 0 Å². The summed E-state index contributed by atoms with van der Waals surface area (Å²) in [5.74, 6) is -2.07. The first kappa shape index (κ1) is 29.4. The average molecular weight is 567 g/mol. The molecular weight excluding hydrogens is 547 g/mol. The van der Waals surface area contributed by atoms with Crippen molar-refractivity contribution in [3.63, 3.8) is 0 Å². The summed E-state index contributed by atoms with van der Waals surface area (Å²) < 4.78 is 51.5. The van der Waals surface area contributed by atoms with Gasteiger partial charge in [0.2, 0.25) is 5.91 Å². The summed E-state index contributed by atoms with van der Waals surface area (Å²) in [7, 11) is -16.7. The van der Waals surface area contributed by atoms with Gasteiger partial charge in [-0.25, -0.2) is 18.5 Å². The Hall–Kier alpha value is -1.85. The zero-order valence-electron chi connectivity index (χ0n) is 17.2. The van der Waals surface area contributed by atoms with Gasteiger partial charge in [-0.05, 0) is 6.07 Å². The van der Waals surface area contributed by atoms with Crippen LogP contribution in [0.4, 0.5) is 5.82 Å². The van der Waals surface area contributed by atoms with Crippen molar-refractivity contribution in [3.8, 4) is 0 Å². The SMILES string of the molecule is O=C(O)CCC(=O)Nc1ccn([C@H]2C[C@H](O)[C@@H](COP(=O)(O)OP(=O)(O)OP(=O)(O)O)O2)c(=O)n1. The fourth-order valence-corrected chi connectivity index (χ4v) is 5.66. The molecule has 0 saturated carbocycles. The number of hydrogen-bond acceptors (Lipinski definition) is 12. The average Bonchev–Trinajstić information content (AvgIpc) is 3.02. The van der Waals surface area contributed by atoms with Crippen LogP contribution in [0.5, 0.6) is 0 Å². The number of amides is 1. The maximum atomic E-state index is 12.2. The molecule has 35 heavy (non-hydrogen) atoms. The van der Waals surface area contributed by atoms with E-state index in [1.807, 2.05) is 0 Å². The third-order valence-electron chi connectivity index (χ3n) is 4.00. The monoisotopic (exact) mass is 567 g/mol. The second-order valence-corrected chi connectivity index (χ2v) is 11.2. The zero-order chi connectivity index (χ0) is 26.6. The highest BCUT2D eigenvalue weighted by Crippen LogP contribution is 2.66. The largest absolute Gasteiger partial charge is 0.490 e. The summed E-state index contributed by atoms with van der Waals surface area (Å²) in [5.41, 5.74) is -0.938. The van der Waals surface area contributed by atoms with Crippen LogP contribution >= 0.6 is 23.5 Å². The van der Waals surface area contributed by atoms with Crippen LogP contribution in [0, 0.1) is 0 Å². The fraction of sp³-hybridized carbons (Fsp3) is 0.538. The smallest absolute Gasteiger partial charge is 0.481 e. The number of carboxylic acids is 1. The van der Waals surface area contributed by atoms with Gasteiger partial charge in [0.05, 0.1) is 19.1 Å². The predicted molar refractivity (Wildman–Crippen MR) is 108 cm³/mol. The van der Waals surface area contributed by atoms with Gasteiger partial charge in [0.25, 0.3) is 0 Å². The third-order valence-corrected chi connectivity index (χ3v) is 7.80. The Morgan fingerprint density at radius 3 is 2.37 bits per heavy atom. The minimum Gasteiger partial charge on any atom is -0.481 e. The Balaban J connectivity index is 1.97. The highest BCUT2D eigenvalue weighted by molar-refractivity contribution is 7.66. The van der Waals surface area contributed by atoms with Crippen molar-refractivity contribution in [2.75, 3.05) is 11.9 Å². The van der Waals surface area contributed by atoms with Crippen LogP contribution in [0.15, 0.2) is 17.1 Å². The number of carbonyl (C=O) groups is 2. The van der Waals surface area contributed by atoms with Crippen LogP contribution in [0.3, 0.4) is 0 Å². The van der Waals surface area contributed by atoms with E-state index < -0.39 is 72.5 Å². The first-order chi connectivity index (χ1) is 16.0. The van der Waals surface area contributed by atoms with Gasteiger partial charge in [-0.15, -0.1) is 0 Å². The second-order valence-electron chi connectivity index (χ2n) is 6.76. The molecule has 2 heterocycles. The number of phosphoric ester groups is 1. The summed E-state index contributed by atoms with van der Waals surface area (Å²) in [4.78, 5) is 73.5. The summed E-state index contributed by atoms with van der Waals surface area (Å²) in [6.45, 7) is -0.929. The normalized spacial score (nSPS) is 23.9. The molecule has 0 radical (unpaired) electrons. The van der Waals surface area contributed by atoms with E-state index in [1.165, 1.54) is 6.07 Å². The number of nitrogens with zero attached hydrogens (tertiary/aromatic N) is 2. The summed E-state index contributed by atoms with van der Waals surface area (Å²) >= 11 is 0. The maximum absolute atomic E-state index is 12.2. The number of rotatable bonds is 12. The number of aliphatic hydroxyl groups is 1. The van der Waals surface area contributed by atoms with Crippen LogP contribution in [0.25, 0.3) is 0 Å². The van der Waals surface area contributed by atoms with Crippen molar-refractivity contribution >= 4 is 41.2 Å². The quantitative estimate of drug-likeness (QED) is 0.150. The lowest BCUT2D eigenvalue weighted by Crippen LogP contribution is -2.29. The fourth-order valence-electron chi connectivity index (χ4n) is 2.63. The molecule has 1 aliphatic rings. The number of phosphoric acid groups is 3. The van der Waals surface area contributed by atoms with E-state index in [0.717, 1.165) is 10.8 Å². The number of ether oxygens (including phenoxy) is 1. The van der Waals surface area contributed by atoms with Crippen molar-refractivity contribution < 1.29 is 71.0 Å².